The Bertz CT molecular complexity index is 1280. The zero-order chi connectivity index (χ0) is 21.0. The molecule has 0 fully saturated rings. The average Bonchev–Trinajstić information content (AvgIpc) is 3.12. The third-order valence-electron chi connectivity index (χ3n) is 4.76. The summed E-state index contributed by atoms with van der Waals surface area (Å²) in [5.41, 5.74) is 3.07. The average molecular weight is 420 g/mol. The van der Waals surface area contributed by atoms with Crippen LogP contribution >= 0.6 is 0 Å². The lowest BCUT2D eigenvalue weighted by Gasteiger charge is -2.05. The zero-order valence-electron chi connectivity index (χ0n) is 16.4. The van der Waals surface area contributed by atoms with Crippen molar-refractivity contribution in [1.29, 1.82) is 0 Å². The van der Waals surface area contributed by atoms with E-state index in [1.54, 1.807) is 12.1 Å². The van der Waals surface area contributed by atoms with E-state index in [-0.39, 0.29) is 4.90 Å². The minimum atomic E-state index is -3.76. The van der Waals surface area contributed by atoms with E-state index in [4.69, 9.17) is 4.74 Å². The Morgan fingerprint density at radius 1 is 0.967 bits per heavy atom. The summed E-state index contributed by atoms with van der Waals surface area (Å²) in [6.45, 7) is 0.715. The maximum absolute atomic E-state index is 12.5. The highest BCUT2D eigenvalue weighted by Crippen LogP contribution is 2.21. The molecule has 0 aliphatic rings. The number of nitrogens with one attached hydrogen (secondary N) is 1. The first-order valence-electron chi connectivity index (χ1n) is 9.37. The van der Waals surface area contributed by atoms with E-state index >= 15 is 0 Å². The summed E-state index contributed by atoms with van der Waals surface area (Å²) in [4.78, 5) is 2.39. The molecule has 4 rings (SSSR count). The molecule has 0 radical (unpaired) electrons. The molecule has 0 atom stereocenters. The highest BCUT2D eigenvalue weighted by atomic mass is 32.2. The van der Waals surface area contributed by atoms with Crippen molar-refractivity contribution in [3.05, 3.63) is 96.2 Å². The Hall–Kier alpha value is -3.58. The van der Waals surface area contributed by atoms with Crippen molar-refractivity contribution >= 4 is 27.1 Å². The predicted octanol–water partition coefficient (Wildman–Crippen LogP) is 4.01. The van der Waals surface area contributed by atoms with E-state index in [0.29, 0.717) is 12.3 Å². The van der Waals surface area contributed by atoms with E-state index in [9.17, 15) is 8.42 Å². The number of hydrazone groups is 1. The maximum Gasteiger partial charge on any atom is 0.276 e. The van der Waals surface area contributed by atoms with Gasteiger partial charge >= 0.3 is 0 Å². The van der Waals surface area contributed by atoms with Crippen molar-refractivity contribution < 1.29 is 13.2 Å². The first kappa shape index (κ1) is 19.7. The molecule has 3 aromatic carbocycles. The highest BCUT2D eigenvalue weighted by molar-refractivity contribution is 7.89. The number of aromatic nitrogens is 1. The van der Waals surface area contributed by atoms with Crippen molar-refractivity contribution in [3.8, 4) is 5.75 Å². The number of fused-ring (bicyclic) bond motifs is 1. The van der Waals surface area contributed by atoms with Crippen molar-refractivity contribution in [3.63, 3.8) is 0 Å². The van der Waals surface area contributed by atoms with E-state index in [1.165, 1.54) is 31.0 Å². The van der Waals surface area contributed by atoms with Gasteiger partial charge in [0.2, 0.25) is 0 Å². The van der Waals surface area contributed by atoms with Crippen LogP contribution in [0.5, 0.6) is 5.75 Å². The van der Waals surface area contributed by atoms with Crippen molar-refractivity contribution in [2.45, 2.75) is 11.4 Å². The highest BCUT2D eigenvalue weighted by Gasteiger charge is 2.13. The van der Waals surface area contributed by atoms with Crippen LogP contribution in [0.1, 0.15) is 11.1 Å². The van der Waals surface area contributed by atoms with Gasteiger partial charge in [-0.05, 0) is 35.9 Å². The molecule has 0 amide bonds. The standard InChI is InChI=1S/C23H21N3O3S/c1-29-20-11-13-21(14-12-20)30(27,28)25-24-15-19-17-26(16-18-7-3-2-4-8-18)23-10-6-5-9-22(19)23/h2-15,17,25H,16H2,1H3. The second-order valence-electron chi connectivity index (χ2n) is 6.74. The van der Waals surface area contributed by atoms with Gasteiger partial charge in [-0.2, -0.15) is 13.5 Å². The fourth-order valence-corrected chi connectivity index (χ4v) is 4.05. The molecule has 0 aliphatic carbocycles. The summed E-state index contributed by atoms with van der Waals surface area (Å²) in [5.74, 6) is 0.587. The largest absolute Gasteiger partial charge is 0.497 e. The molecule has 30 heavy (non-hydrogen) atoms. The van der Waals surface area contributed by atoms with Crippen LogP contribution in [-0.4, -0.2) is 26.3 Å². The van der Waals surface area contributed by atoms with Crippen LogP contribution in [0.25, 0.3) is 10.9 Å². The van der Waals surface area contributed by atoms with Crippen LogP contribution in [0.4, 0.5) is 0 Å². The molecule has 1 aromatic heterocycles. The number of rotatable bonds is 7. The lowest BCUT2D eigenvalue weighted by atomic mass is 10.2. The minimum Gasteiger partial charge on any atom is -0.497 e. The summed E-state index contributed by atoms with van der Waals surface area (Å²) < 4.78 is 32.1. The fraction of sp³-hybridized carbons (Fsp3) is 0.0870. The van der Waals surface area contributed by atoms with Gasteiger partial charge in [0.15, 0.2) is 0 Å². The number of sulfonamides is 1. The van der Waals surface area contributed by atoms with E-state index < -0.39 is 10.0 Å². The molecule has 0 bridgehead atoms. The van der Waals surface area contributed by atoms with Crippen LogP contribution in [-0.2, 0) is 16.6 Å². The lowest BCUT2D eigenvalue weighted by molar-refractivity contribution is 0.414. The van der Waals surface area contributed by atoms with Gasteiger partial charge in [-0.3, -0.25) is 0 Å². The second kappa shape index (κ2) is 8.42. The van der Waals surface area contributed by atoms with Gasteiger partial charge in [0.25, 0.3) is 10.0 Å². The van der Waals surface area contributed by atoms with Crippen LogP contribution < -0.4 is 9.57 Å². The first-order chi connectivity index (χ1) is 14.6. The van der Waals surface area contributed by atoms with Gasteiger partial charge in [-0.1, -0.05) is 48.5 Å². The topological polar surface area (TPSA) is 72.7 Å². The Labute approximate surface area is 175 Å². The van der Waals surface area contributed by atoms with Crippen molar-refractivity contribution in [2.24, 2.45) is 5.10 Å². The lowest BCUT2D eigenvalue weighted by Crippen LogP contribution is -2.18. The number of methoxy groups -OCH3 is 1. The van der Waals surface area contributed by atoms with Crippen LogP contribution in [0.15, 0.2) is 95.1 Å². The Morgan fingerprint density at radius 3 is 2.40 bits per heavy atom. The maximum atomic E-state index is 12.5. The molecule has 0 saturated carbocycles. The summed E-state index contributed by atoms with van der Waals surface area (Å²) >= 11 is 0. The predicted molar refractivity (Wildman–Crippen MR) is 118 cm³/mol. The monoisotopic (exact) mass is 419 g/mol. The molecule has 152 valence electrons. The van der Waals surface area contributed by atoms with Gasteiger partial charge in [0.1, 0.15) is 5.75 Å². The first-order valence-corrected chi connectivity index (χ1v) is 10.9. The Morgan fingerprint density at radius 2 is 1.67 bits per heavy atom. The zero-order valence-corrected chi connectivity index (χ0v) is 17.2. The molecule has 0 aliphatic heterocycles. The quantitative estimate of drug-likeness (QED) is 0.363. The number of benzene rings is 3. The minimum absolute atomic E-state index is 0.118. The third kappa shape index (κ3) is 4.21. The van der Waals surface area contributed by atoms with Gasteiger partial charge in [-0.15, -0.1) is 0 Å². The molecule has 1 N–H and O–H groups in total. The molecule has 0 spiro atoms. The molecular formula is C23H21N3O3S. The molecule has 0 saturated heterocycles. The SMILES string of the molecule is COc1ccc(S(=O)(=O)NN=Cc2cn(Cc3ccccc3)c3ccccc23)cc1. The van der Waals surface area contributed by atoms with Gasteiger partial charge in [0, 0.05) is 29.2 Å². The Balaban J connectivity index is 1.58. The van der Waals surface area contributed by atoms with Crippen molar-refractivity contribution in [1.82, 2.24) is 9.40 Å². The normalized spacial score (nSPS) is 11.8. The summed E-state index contributed by atoms with van der Waals surface area (Å²) in [7, 11) is -2.23. The van der Waals surface area contributed by atoms with E-state index in [0.717, 1.165) is 16.5 Å². The molecule has 4 aromatic rings. The van der Waals surface area contributed by atoms with Crippen LogP contribution in [0, 0.1) is 0 Å². The van der Waals surface area contributed by atoms with Crippen molar-refractivity contribution in [2.75, 3.05) is 7.11 Å². The number of hydrogen-bond acceptors (Lipinski definition) is 4. The van der Waals surface area contributed by atoms with Gasteiger partial charge in [-0.25, -0.2) is 4.83 Å². The molecule has 0 unspecified atom stereocenters. The second-order valence-corrected chi connectivity index (χ2v) is 8.40. The summed E-state index contributed by atoms with van der Waals surface area (Å²) in [6, 6.07) is 24.3. The van der Waals surface area contributed by atoms with E-state index in [2.05, 4.69) is 26.6 Å². The van der Waals surface area contributed by atoms with E-state index in [1.807, 2.05) is 48.7 Å². The third-order valence-corrected chi connectivity index (χ3v) is 6.00. The van der Waals surface area contributed by atoms with Gasteiger partial charge in [0.05, 0.1) is 18.2 Å². The fourth-order valence-electron chi connectivity index (χ4n) is 3.26. The molecular weight excluding hydrogens is 398 g/mol. The molecule has 7 heteroatoms. The number of para-hydroxylation sites is 1. The summed E-state index contributed by atoms with van der Waals surface area (Å²) in [6.07, 6.45) is 3.51. The number of ether oxygens (including phenoxy) is 1. The molecule has 1 heterocycles. The number of nitrogens with zero attached hydrogens (tertiary/aromatic N) is 2. The van der Waals surface area contributed by atoms with Gasteiger partial charge < -0.3 is 9.30 Å². The van der Waals surface area contributed by atoms with Crippen LogP contribution in [0.3, 0.4) is 0 Å². The smallest absolute Gasteiger partial charge is 0.276 e. The Kier molecular flexibility index (Phi) is 5.54. The molecule has 6 nitrogen and oxygen atoms in total. The van der Waals surface area contributed by atoms with Crippen LogP contribution in [0.2, 0.25) is 0 Å². The summed E-state index contributed by atoms with van der Waals surface area (Å²) in [5, 5.41) is 5.00. The number of hydrogen-bond donors (Lipinski definition) is 1.